The molecule has 0 aromatic carbocycles. The summed E-state index contributed by atoms with van der Waals surface area (Å²) in [6.45, 7) is 7.21. The van der Waals surface area contributed by atoms with Gasteiger partial charge in [0.15, 0.2) is 0 Å². The SMILES string of the molecule is C=CCCCN(C)C(=O)CCC(C)CN. The summed E-state index contributed by atoms with van der Waals surface area (Å²) in [5, 5.41) is 0. The van der Waals surface area contributed by atoms with Crippen molar-refractivity contribution in [1.29, 1.82) is 0 Å². The Kier molecular flexibility index (Phi) is 8.01. The molecular weight excluding hydrogens is 188 g/mol. The van der Waals surface area contributed by atoms with Gasteiger partial charge in [0.1, 0.15) is 0 Å². The van der Waals surface area contributed by atoms with Gasteiger partial charge in [-0.1, -0.05) is 13.0 Å². The summed E-state index contributed by atoms with van der Waals surface area (Å²) in [5.41, 5.74) is 5.50. The van der Waals surface area contributed by atoms with Crippen molar-refractivity contribution in [2.24, 2.45) is 11.7 Å². The van der Waals surface area contributed by atoms with Crippen LogP contribution in [0, 0.1) is 5.92 Å². The van der Waals surface area contributed by atoms with E-state index in [4.69, 9.17) is 5.73 Å². The standard InChI is InChI=1S/C12H24N2O/c1-4-5-6-9-14(3)12(15)8-7-11(2)10-13/h4,11H,1,5-10,13H2,2-3H3. The van der Waals surface area contributed by atoms with Crippen molar-refractivity contribution in [3.8, 4) is 0 Å². The summed E-state index contributed by atoms with van der Waals surface area (Å²) in [7, 11) is 1.86. The zero-order valence-corrected chi connectivity index (χ0v) is 10.0. The smallest absolute Gasteiger partial charge is 0.222 e. The van der Waals surface area contributed by atoms with E-state index in [2.05, 4.69) is 13.5 Å². The van der Waals surface area contributed by atoms with Gasteiger partial charge >= 0.3 is 0 Å². The fourth-order valence-corrected chi connectivity index (χ4v) is 1.28. The lowest BCUT2D eigenvalue weighted by Crippen LogP contribution is -2.28. The van der Waals surface area contributed by atoms with Gasteiger partial charge in [-0.05, 0) is 31.7 Å². The Morgan fingerprint density at radius 3 is 2.80 bits per heavy atom. The van der Waals surface area contributed by atoms with E-state index in [-0.39, 0.29) is 5.91 Å². The van der Waals surface area contributed by atoms with E-state index in [9.17, 15) is 4.79 Å². The summed E-state index contributed by atoms with van der Waals surface area (Å²) in [6, 6.07) is 0. The van der Waals surface area contributed by atoms with Crippen LogP contribution in [0.2, 0.25) is 0 Å². The number of amides is 1. The van der Waals surface area contributed by atoms with E-state index in [0.717, 1.165) is 25.8 Å². The normalized spacial score (nSPS) is 12.2. The van der Waals surface area contributed by atoms with Crippen molar-refractivity contribution in [3.63, 3.8) is 0 Å². The number of carbonyl (C=O) groups excluding carboxylic acids is 1. The number of nitrogens with two attached hydrogens (primary N) is 1. The summed E-state index contributed by atoms with van der Waals surface area (Å²) < 4.78 is 0. The third kappa shape index (κ3) is 7.14. The Bertz CT molecular complexity index is 192. The van der Waals surface area contributed by atoms with Gasteiger partial charge in [0.2, 0.25) is 5.91 Å². The highest BCUT2D eigenvalue weighted by Gasteiger charge is 2.09. The van der Waals surface area contributed by atoms with Gasteiger partial charge < -0.3 is 10.6 Å². The molecular formula is C12H24N2O. The van der Waals surface area contributed by atoms with Crippen molar-refractivity contribution in [2.45, 2.75) is 32.6 Å². The van der Waals surface area contributed by atoms with Gasteiger partial charge in [0.05, 0.1) is 0 Å². The van der Waals surface area contributed by atoms with Crippen molar-refractivity contribution in [3.05, 3.63) is 12.7 Å². The molecule has 0 aromatic heterocycles. The Hall–Kier alpha value is -0.830. The number of allylic oxidation sites excluding steroid dienone is 1. The van der Waals surface area contributed by atoms with E-state index in [0.29, 0.717) is 18.9 Å². The first-order valence-electron chi connectivity index (χ1n) is 5.66. The van der Waals surface area contributed by atoms with E-state index in [1.165, 1.54) is 0 Å². The summed E-state index contributed by atoms with van der Waals surface area (Å²) >= 11 is 0. The van der Waals surface area contributed by atoms with Crippen LogP contribution in [0.3, 0.4) is 0 Å². The quantitative estimate of drug-likeness (QED) is 0.492. The molecule has 0 fully saturated rings. The molecule has 0 bridgehead atoms. The third-order valence-electron chi connectivity index (χ3n) is 2.58. The van der Waals surface area contributed by atoms with Gasteiger partial charge in [-0.3, -0.25) is 4.79 Å². The van der Waals surface area contributed by atoms with Crippen molar-refractivity contribution in [1.82, 2.24) is 4.90 Å². The van der Waals surface area contributed by atoms with Crippen LogP contribution in [0.15, 0.2) is 12.7 Å². The Labute approximate surface area is 93.3 Å². The van der Waals surface area contributed by atoms with E-state index < -0.39 is 0 Å². The third-order valence-corrected chi connectivity index (χ3v) is 2.58. The molecule has 0 aliphatic heterocycles. The molecule has 1 amide bonds. The van der Waals surface area contributed by atoms with E-state index >= 15 is 0 Å². The minimum Gasteiger partial charge on any atom is -0.346 e. The maximum absolute atomic E-state index is 11.6. The number of carbonyl (C=O) groups is 1. The van der Waals surface area contributed by atoms with Crippen molar-refractivity contribution < 1.29 is 4.79 Å². The van der Waals surface area contributed by atoms with Gasteiger partial charge in [0, 0.05) is 20.0 Å². The summed E-state index contributed by atoms with van der Waals surface area (Å²) in [6.07, 6.45) is 5.36. The summed E-state index contributed by atoms with van der Waals surface area (Å²) in [4.78, 5) is 13.4. The number of rotatable bonds is 8. The molecule has 0 saturated carbocycles. The molecule has 1 unspecified atom stereocenters. The lowest BCUT2D eigenvalue weighted by molar-refractivity contribution is -0.130. The number of nitrogens with zero attached hydrogens (tertiary/aromatic N) is 1. The van der Waals surface area contributed by atoms with Crippen LogP contribution in [-0.4, -0.2) is 30.9 Å². The minimum absolute atomic E-state index is 0.222. The molecule has 3 nitrogen and oxygen atoms in total. The van der Waals surface area contributed by atoms with Crippen LogP contribution in [0.25, 0.3) is 0 Å². The Morgan fingerprint density at radius 2 is 2.27 bits per heavy atom. The monoisotopic (exact) mass is 212 g/mol. The first-order valence-corrected chi connectivity index (χ1v) is 5.66. The van der Waals surface area contributed by atoms with E-state index in [1.54, 1.807) is 4.90 Å². The second kappa shape index (κ2) is 8.48. The number of unbranched alkanes of at least 4 members (excludes halogenated alkanes) is 1. The molecule has 0 radical (unpaired) electrons. The van der Waals surface area contributed by atoms with Gasteiger partial charge in [-0.2, -0.15) is 0 Å². The first-order chi connectivity index (χ1) is 7.11. The molecule has 15 heavy (non-hydrogen) atoms. The topological polar surface area (TPSA) is 46.3 Å². The molecule has 0 aliphatic rings. The highest BCUT2D eigenvalue weighted by molar-refractivity contribution is 5.75. The molecule has 0 saturated heterocycles. The van der Waals surface area contributed by atoms with Gasteiger partial charge in [-0.25, -0.2) is 0 Å². The zero-order valence-electron chi connectivity index (χ0n) is 10.0. The van der Waals surface area contributed by atoms with Crippen molar-refractivity contribution >= 4 is 5.91 Å². The predicted molar refractivity (Wildman–Crippen MR) is 64.5 cm³/mol. The Balaban J connectivity index is 3.64. The number of hydrogen-bond acceptors (Lipinski definition) is 2. The average molecular weight is 212 g/mol. The maximum Gasteiger partial charge on any atom is 0.222 e. The van der Waals surface area contributed by atoms with Crippen LogP contribution in [-0.2, 0) is 4.79 Å². The lowest BCUT2D eigenvalue weighted by Gasteiger charge is -2.17. The predicted octanol–water partition coefficient (Wildman–Crippen LogP) is 1.79. The van der Waals surface area contributed by atoms with Crippen LogP contribution < -0.4 is 5.73 Å². The minimum atomic E-state index is 0.222. The van der Waals surface area contributed by atoms with E-state index in [1.807, 2.05) is 13.1 Å². The first kappa shape index (κ1) is 14.2. The fraction of sp³-hybridized carbons (Fsp3) is 0.750. The Morgan fingerprint density at radius 1 is 1.60 bits per heavy atom. The highest BCUT2D eigenvalue weighted by Crippen LogP contribution is 2.05. The van der Waals surface area contributed by atoms with Crippen LogP contribution >= 0.6 is 0 Å². The largest absolute Gasteiger partial charge is 0.346 e. The number of hydrogen-bond donors (Lipinski definition) is 1. The molecule has 0 rings (SSSR count). The molecule has 3 heteroatoms. The van der Waals surface area contributed by atoms with Crippen molar-refractivity contribution in [2.75, 3.05) is 20.1 Å². The highest BCUT2D eigenvalue weighted by atomic mass is 16.2. The van der Waals surface area contributed by atoms with Crippen LogP contribution in [0.4, 0.5) is 0 Å². The maximum atomic E-state index is 11.6. The summed E-state index contributed by atoms with van der Waals surface area (Å²) in [5.74, 6) is 0.662. The lowest BCUT2D eigenvalue weighted by atomic mass is 10.1. The second-order valence-corrected chi connectivity index (χ2v) is 4.13. The molecule has 88 valence electrons. The molecule has 0 spiro atoms. The average Bonchev–Trinajstić information content (AvgIpc) is 2.25. The van der Waals surface area contributed by atoms with Gasteiger partial charge in [-0.15, -0.1) is 6.58 Å². The molecule has 1 atom stereocenters. The molecule has 2 N–H and O–H groups in total. The fourth-order valence-electron chi connectivity index (χ4n) is 1.28. The van der Waals surface area contributed by atoms with Crippen LogP contribution in [0.5, 0.6) is 0 Å². The molecule has 0 aliphatic carbocycles. The molecule has 0 aromatic rings. The van der Waals surface area contributed by atoms with Gasteiger partial charge in [0.25, 0.3) is 0 Å². The molecule has 0 heterocycles. The van der Waals surface area contributed by atoms with Crippen LogP contribution in [0.1, 0.15) is 32.6 Å². The second-order valence-electron chi connectivity index (χ2n) is 4.13. The zero-order chi connectivity index (χ0) is 11.7.